The Hall–Kier alpha value is -9.12. The second kappa shape index (κ2) is 17.3. The van der Waals surface area contributed by atoms with Crippen molar-refractivity contribution in [3.8, 4) is 0 Å². The van der Waals surface area contributed by atoms with Crippen molar-refractivity contribution < 1.29 is 0 Å². The second-order valence-corrected chi connectivity index (χ2v) is 20.4. The second-order valence-electron chi connectivity index (χ2n) is 20.4. The molecule has 2 heterocycles. The summed E-state index contributed by atoms with van der Waals surface area (Å²) in [7, 11) is 0. The maximum atomic E-state index is 2.73. The van der Waals surface area contributed by atoms with Crippen LogP contribution in [-0.2, 0) is 0 Å². The van der Waals surface area contributed by atoms with Gasteiger partial charge in [-0.15, -0.1) is 0 Å². The van der Waals surface area contributed by atoms with Gasteiger partial charge in [0, 0.05) is 77.7 Å². The van der Waals surface area contributed by atoms with Gasteiger partial charge >= 0.3 is 0 Å². The predicted octanol–water partition coefficient (Wildman–Crippen LogP) is 19.8. The summed E-state index contributed by atoms with van der Waals surface area (Å²) in [5, 5.41) is 15.0. The number of fused-ring (bicyclic) bond motifs is 10. The lowest BCUT2D eigenvalue weighted by Gasteiger charge is -2.36. The number of hydrogen-bond acceptors (Lipinski definition) is 2. The van der Waals surface area contributed by atoms with Gasteiger partial charge in [0.1, 0.15) is 0 Å². The van der Waals surface area contributed by atoms with E-state index in [1.807, 2.05) is 0 Å². The van der Waals surface area contributed by atoms with Gasteiger partial charge in [0.2, 0.25) is 0 Å². The molecule has 2 aromatic heterocycles. The Bertz CT molecular complexity index is 4050. The number of hydrogen-bond donors (Lipinski definition) is 0. The van der Waals surface area contributed by atoms with E-state index in [4.69, 9.17) is 0 Å². The fourth-order valence-corrected chi connectivity index (χ4v) is 12.8. The number of para-hydroxylation sites is 2. The van der Waals surface area contributed by atoms with Crippen molar-refractivity contribution in [3.05, 3.63) is 255 Å². The summed E-state index contributed by atoms with van der Waals surface area (Å²) in [5.74, 6) is 0. The Kier molecular flexibility index (Phi) is 9.94. The van der Waals surface area contributed by atoms with Gasteiger partial charge in [-0.25, -0.2) is 0 Å². The summed E-state index contributed by atoms with van der Waals surface area (Å²) in [6, 6.07) is 95.4. The van der Waals surface area contributed by atoms with E-state index in [1.165, 1.54) is 99.5 Å². The SMILES string of the molecule is c1ccc2cc(N(c3ccc4ccccc4c3)c3ccc4c(c3)c3ccccc3n4C3CCCCC3n3c4ccccc4c4cc(N(c5ccc6ccccc6c5)c5ccc6ccccc6c5)ccc43)ccc2c1. The molecule has 2 atom stereocenters. The first-order chi connectivity index (χ1) is 36.7. The third-order valence-electron chi connectivity index (χ3n) is 16.2. The van der Waals surface area contributed by atoms with E-state index >= 15 is 0 Å². The summed E-state index contributed by atoms with van der Waals surface area (Å²) >= 11 is 0. The molecule has 0 spiro atoms. The number of benzene rings is 12. The lowest BCUT2D eigenvalue weighted by molar-refractivity contribution is 0.259. The molecule has 0 aliphatic heterocycles. The largest absolute Gasteiger partial charge is 0.335 e. The van der Waals surface area contributed by atoms with E-state index < -0.39 is 0 Å². The summed E-state index contributed by atoms with van der Waals surface area (Å²) in [5.41, 5.74) is 12.0. The van der Waals surface area contributed by atoms with E-state index in [-0.39, 0.29) is 12.1 Å². The fraction of sp³-hybridized carbons (Fsp3) is 0.0857. The monoisotopic (exact) mass is 948 g/mol. The van der Waals surface area contributed by atoms with Crippen molar-refractivity contribution in [2.24, 2.45) is 0 Å². The Morgan fingerprint density at radius 2 is 0.514 bits per heavy atom. The summed E-state index contributed by atoms with van der Waals surface area (Å²) in [6.07, 6.45) is 4.59. The van der Waals surface area contributed by atoms with Crippen LogP contribution in [0.1, 0.15) is 37.8 Å². The zero-order chi connectivity index (χ0) is 48.7. The molecule has 0 saturated heterocycles. The van der Waals surface area contributed by atoms with Crippen LogP contribution in [0, 0.1) is 0 Å². The Balaban J connectivity index is 0.883. The number of nitrogens with zero attached hydrogens (tertiary/aromatic N) is 4. The van der Waals surface area contributed by atoms with Gasteiger partial charge in [0.15, 0.2) is 0 Å². The van der Waals surface area contributed by atoms with Crippen molar-refractivity contribution >= 4 is 121 Å². The van der Waals surface area contributed by atoms with Gasteiger partial charge in [-0.1, -0.05) is 171 Å². The standard InChI is InChI=1S/C70H52N4/c1-5-19-51-41-55(33-29-47(51)15-1)71(56-34-30-48-16-2-6-20-52(48)42-56)59-37-39-67-63(45-59)61-23-9-11-25-65(61)73(67)69-27-13-14-28-70(69)74-66-26-12-10-24-62(66)64-46-60(38-40-68(64)74)72(57-35-31-49-17-3-7-21-53(49)43-57)58-36-32-50-18-4-8-22-54(50)44-58/h1-12,15-26,29-46,69-70H,13-14,27-28H2. The van der Waals surface area contributed by atoms with Crippen molar-refractivity contribution in [2.45, 2.75) is 37.8 Å². The first-order valence-electron chi connectivity index (χ1n) is 26.3. The molecule has 4 heteroatoms. The maximum Gasteiger partial charge on any atom is 0.0550 e. The van der Waals surface area contributed by atoms with Crippen molar-refractivity contribution in [3.63, 3.8) is 0 Å². The Morgan fingerprint density at radius 3 is 0.865 bits per heavy atom. The minimum atomic E-state index is 0.236. The number of rotatable bonds is 8. The molecule has 0 amide bonds. The molecule has 74 heavy (non-hydrogen) atoms. The molecule has 0 radical (unpaired) electrons. The molecular formula is C70H52N4. The minimum Gasteiger partial charge on any atom is -0.335 e. The van der Waals surface area contributed by atoms with Crippen LogP contribution in [0.5, 0.6) is 0 Å². The van der Waals surface area contributed by atoms with E-state index in [0.717, 1.165) is 47.0 Å². The van der Waals surface area contributed by atoms with E-state index in [0.29, 0.717) is 0 Å². The molecule has 0 bridgehead atoms. The van der Waals surface area contributed by atoms with E-state index in [2.05, 4.69) is 274 Å². The normalized spacial score (nSPS) is 15.1. The maximum absolute atomic E-state index is 2.73. The third-order valence-corrected chi connectivity index (χ3v) is 16.2. The van der Waals surface area contributed by atoms with Gasteiger partial charge < -0.3 is 18.9 Å². The molecule has 352 valence electrons. The molecule has 15 rings (SSSR count). The first kappa shape index (κ1) is 42.6. The van der Waals surface area contributed by atoms with Crippen LogP contribution in [0.15, 0.2) is 255 Å². The van der Waals surface area contributed by atoms with Gasteiger partial charge in [0.25, 0.3) is 0 Å². The predicted molar refractivity (Wildman–Crippen MR) is 315 cm³/mol. The highest BCUT2D eigenvalue weighted by atomic mass is 15.2. The molecular weight excluding hydrogens is 897 g/mol. The molecule has 1 aliphatic carbocycles. The molecule has 0 N–H and O–H groups in total. The molecule has 1 saturated carbocycles. The van der Waals surface area contributed by atoms with Crippen LogP contribution in [0.3, 0.4) is 0 Å². The van der Waals surface area contributed by atoms with Gasteiger partial charge in [-0.2, -0.15) is 0 Å². The van der Waals surface area contributed by atoms with Crippen molar-refractivity contribution in [1.29, 1.82) is 0 Å². The zero-order valence-corrected chi connectivity index (χ0v) is 41.0. The first-order valence-corrected chi connectivity index (χ1v) is 26.3. The lowest BCUT2D eigenvalue weighted by Crippen LogP contribution is -2.26. The van der Waals surface area contributed by atoms with E-state index in [1.54, 1.807) is 0 Å². The highest BCUT2D eigenvalue weighted by molar-refractivity contribution is 6.11. The summed E-state index contributed by atoms with van der Waals surface area (Å²) in [4.78, 5) is 4.89. The highest BCUT2D eigenvalue weighted by Gasteiger charge is 2.33. The number of aromatic nitrogens is 2. The quantitative estimate of drug-likeness (QED) is 0.151. The third kappa shape index (κ3) is 6.97. The lowest BCUT2D eigenvalue weighted by atomic mass is 9.89. The van der Waals surface area contributed by atoms with Gasteiger partial charge in [-0.3, -0.25) is 0 Å². The Morgan fingerprint density at radius 1 is 0.243 bits per heavy atom. The molecule has 2 unspecified atom stereocenters. The molecule has 1 aliphatic rings. The van der Waals surface area contributed by atoms with Crippen LogP contribution < -0.4 is 9.80 Å². The minimum absolute atomic E-state index is 0.236. The smallest absolute Gasteiger partial charge is 0.0550 e. The number of anilines is 6. The average Bonchev–Trinajstić information content (AvgIpc) is 4.00. The molecule has 4 nitrogen and oxygen atoms in total. The highest BCUT2D eigenvalue weighted by Crippen LogP contribution is 2.49. The fourth-order valence-electron chi connectivity index (χ4n) is 12.8. The molecule has 14 aromatic rings. The Labute approximate surface area is 430 Å². The summed E-state index contributed by atoms with van der Waals surface area (Å²) < 4.78 is 5.45. The van der Waals surface area contributed by atoms with Gasteiger partial charge in [-0.05, 0) is 153 Å². The molecule has 12 aromatic carbocycles. The van der Waals surface area contributed by atoms with Crippen LogP contribution in [-0.4, -0.2) is 9.13 Å². The van der Waals surface area contributed by atoms with Crippen molar-refractivity contribution in [2.75, 3.05) is 9.80 Å². The van der Waals surface area contributed by atoms with Crippen molar-refractivity contribution in [1.82, 2.24) is 9.13 Å². The van der Waals surface area contributed by atoms with E-state index in [9.17, 15) is 0 Å². The van der Waals surface area contributed by atoms with Crippen LogP contribution in [0.25, 0.3) is 86.7 Å². The summed E-state index contributed by atoms with van der Waals surface area (Å²) in [6.45, 7) is 0. The van der Waals surface area contributed by atoms with Crippen LogP contribution >= 0.6 is 0 Å². The van der Waals surface area contributed by atoms with Crippen LogP contribution in [0.4, 0.5) is 34.1 Å². The zero-order valence-electron chi connectivity index (χ0n) is 41.0. The molecule has 1 fully saturated rings. The topological polar surface area (TPSA) is 16.3 Å². The van der Waals surface area contributed by atoms with Gasteiger partial charge in [0.05, 0.1) is 12.1 Å². The average molecular weight is 949 g/mol. The van der Waals surface area contributed by atoms with Crippen LogP contribution in [0.2, 0.25) is 0 Å².